The molecule has 1 unspecified atom stereocenters. The first-order valence-corrected chi connectivity index (χ1v) is 8.09. The number of nitrogens with one attached hydrogen (secondary N) is 1. The van der Waals surface area contributed by atoms with E-state index >= 15 is 0 Å². The van der Waals surface area contributed by atoms with Crippen LogP contribution in [-0.2, 0) is 4.79 Å². The van der Waals surface area contributed by atoms with Crippen molar-refractivity contribution >= 4 is 5.91 Å². The number of nitrogens with zero attached hydrogens (tertiary/aromatic N) is 2. The average molecular weight is 281 g/mol. The third-order valence-electron chi connectivity index (χ3n) is 5.29. The quantitative estimate of drug-likeness (QED) is 0.764. The lowest BCUT2D eigenvalue weighted by atomic mass is 9.90. The minimum atomic E-state index is -0.125. The van der Waals surface area contributed by atoms with E-state index in [1.165, 1.54) is 12.8 Å². The van der Waals surface area contributed by atoms with Crippen molar-refractivity contribution in [3.8, 4) is 0 Å². The molecule has 0 radical (unpaired) electrons. The standard InChI is InChI=1S/C15H27N3O2/c19-13-12-17(10-5-15(13)3-4-15)8-1-9-18-11-7-16-6-2-14(18)20/h13,16,19H,1-12H2. The van der Waals surface area contributed by atoms with E-state index in [0.717, 1.165) is 58.7 Å². The number of amides is 1. The molecule has 114 valence electrons. The maximum atomic E-state index is 11.9. The van der Waals surface area contributed by atoms with Gasteiger partial charge in [0.1, 0.15) is 0 Å². The van der Waals surface area contributed by atoms with E-state index in [0.29, 0.717) is 11.8 Å². The van der Waals surface area contributed by atoms with Gasteiger partial charge in [0.2, 0.25) is 5.91 Å². The van der Waals surface area contributed by atoms with Crippen molar-refractivity contribution in [1.29, 1.82) is 0 Å². The van der Waals surface area contributed by atoms with Crippen LogP contribution in [0.5, 0.6) is 0 Å². The molecule has 2 heterocycles. The lowest BCUT2D eigenvalue weighted by Gasteiger charge is -2.36. The number of carbonyl (C=O) groups excluding carboxylic acids is 1. The number of aliphatic hydroxyl groups excluding tert-OH is 1. The normalized spacial score (nSPS) is 30.6. The van der Waals surface area contributed by atoms with Crippen LogP contribution >= 0.6 is 0 Å². The van der Waals surface area contributed by atoms with Crippen molar-refractivity contribution in [2.75, 3.05) is 45.8 Å². The zero-order valence-corrected chi connectivity index (χ0v) is 12.3. The first kappa shape index (κ1) is 14.3. The van der Waals surface area contributed by atoms with Crippen molar-refractivity contribution in [2.24, 2.45) is 5.41 Å². The molecule has 3 fully saturated rings. The summed E-state index contributed by atoms with van der Waals surface area (Å²) < 4.78 is 0. The summed E-state index contributed by atoms with van der Waals surface area (Å²) in [6.07, 6.45) is 5.12. The Morgan fingerprint density at radius 3 is 2.80 bits per heavy atom. The van der Waals surface area contributed by atoms with Crippen molar-refractivity contribution in [3.63, 3.8) is 0 Å². The molecule has 1 amide bonds. The van der Waals surface area contributed by atoms with Crippen molar-refractivity contribution in [3.05, 3.63) is 0 Å². The highest BCUT2D eigenvalue weighted by Crippen LogP contribution is 2.53. The molecule has 3 aliphatic rings. The minimum absolute atomic E-state index is 0.125. The zero-order valence-electron chi connectivity index (χ0n) is 12.3. The van der Waals surface area contributed by atoms with Gasteiger partial charge in [0.15, 0.2) is 0 Å². The summed E-state index contributed by atoms with van der Waals surface area (Å²) in [5.74, 6) is 0.283. The summed E-state index contributed by atoms with van der Waals surface area (Å²) in [7, 11) is 0. The molecular formula is C15H27N3O2. The van der Waals surface area contributed by atoms with E-state index in [-0.39, 0.29) is 12.0 Å². The monoisotopic (exact) mass is 281 g/mol. The summed E-state index contributed by atoms with van der Waals surface area (Å²) in [6.45, 7) is 6.38. The summed E-state index contributed by atoms with van der Waals surface area (Å²) in [4.78, 5) is 16.2. The predicted octanol–water partition coefficient (Wildman–Crippen LogP) is 0.0452. The highest BCUT2D eigenvalue weighted by Gasteiger charge is 2.50. The van der Waals surface area contributed by atoms with E-state index in [9.17, 15) is 9.90 Å². The van der Waals surface area contributed by atoms with Gasteiger partial charge in [-0.15, -0.1) is 0 Å². The molecule has 0 bridgehead atoms. The van der Waals surface area contributed by atoms with Gasteiger partial charge < -0.3 is 20.2 Å². The van der Waals surface area contributed by atoms with E-state index in [1.54, 1.807) is 0 Å². The van der Waals surface area contributed by atoms with Gasteiger partial charge >= 0.3 is 0 Å². The van der Waals surface area contributed by atoms with E-state index in [2.05, 4.69) is 10.2 Å². The number of likely N-dealkylation sites (tertiary alicyclic amines) is 1. The highest BCUT2D eigenvalue weighted by molar-refractivity contribution is 5.76. The van der Waals surface area contributed by atoms with E-state index in [1.807, 2.05) is 4.90 Å². The molecule has 1 spiro atoms. The second-order valence-corrected chi connectivity index (χ2v) is 6.66. The highest BCUT2D eigenvalue weighted by atomic mass is 16.3. The van der Waals surface area contributed by atoms with Gasteiger partial charge in [-0.3, -0.25) is 4.79 Å². The molecule has 0 aromatic rings. The van der Waals surface area contributed by atoms with Gasteiger partial charge in [0.25, 0.3) is 0 Å². The van der Waals surface area contributed by atoms with Gasteiger partial charge in [-0.1, -0.05) is 0 Å². The molecule has 20 heavy (non-hydrogen) atoms. The van der Waals surface area contributed by atoms with Gasteiger partial charge in [-0.2, -0.15) is 0 Å². The van der Waals surface area contributed by atoms with Crippen LogP contribution in [0, 0.1) is 5.41 Å². The number of hydrogen-bond donors (Lipinski definition) is 2. The zero-order chi connectivity index (χ0) is 14.0. The van der Waals surface area contributed by atoms with E-state index < -0.39 is 0 Å². The SMILES string of the molecule is O=C1CCNCCN1CCCN1CCC2(CC2)C(O)C1. The Bertz CT molecular complexity index is 357. The van der Waals surface area contributed by atoms with Gasteiger partial charge in [0.05, 0.1) is 6.10 Å². The van der Waals surface area contributed by atoms with Gasteiger partial charge in [-0.05, 0) is 44.2 Å². The van der Waals surface area contributed by atoms with Crippen molar-refractivity contribution in [1.82, 2.24) is 15.1 Å². The van der Waals surface area contributed by atoms with Crippen LogP contribution in [0.2, 0.25) is 0 Å². The fourth-order valence-electron chi connectivity index (χ4n) is 3.56. The number of hydrogen-bond acceptors (Lipinski definition) is 4. The summed E-state index contributed by atoms with van der Waals surface area (Å²) in [5.41, 5.74) is 0.295. The number of β-amino-alcohol motifs (C(OH)–C–C–N with tert-alkyl or cyclic N) is 1. The largest absolute Gasteiger partial charge is 0.391 e. The Hall–Kier alpha value is -0.650. The molecule has 2 saturated heterocycles. The Labute approximate surface area is 121 Å². The molecular weight excluding hydrogens is 254 g/mol. The van der Waals surface area contributed by atoms with Crippen LogP contribution in [0.1, 0.15) is 32.1 Å². The first-order chi connectivity index (χ1) is 9.70. The lowest BCUT2D eigenvalue weighted by molar-refractivity contribution is -0.130. The van der Waals surface area contributed by atoms with E-state index in [4.69, 9.17) is 0 Å². The van der Waals surface area contributed by atoms with Crippen molar-refractivity contribution in [2.45, 2.75) is 38.2 Å². The lowest BCUT2D eigenvalue weighted by Crippen LogP contribution is -2.45. The molecule has 2 aliphatic heterocycles. The van der Waals surface area contributed by atoms with Gasteiger partial charge in [-0.25, -0.2) is 0 Å². The number of rotatable bonds is 4. The van der Waals surface area contributed by atoms with Crippen LogP contribution in [0.3, 0.4) is 0 Å². The maximum absolute atomic E-state index is 11.9. The minimum Gasteiger partial charge on any atom is -0.391 e. The summed E-state index contributed by atoms with van der Waals surface area (Å²) in [5, 5.41) is 13.4. The first-order valence-electron chi connectivity index (χ1n) is 8.09. The van der Waals surface area contributed by atoms with Crippen LogP contribution in [-0.4, -0.2) is 72.7 Å². The predicted molar refractivity (Wildman–Crippen MR) is 77.4 cm³/mol. The molecule has 1 saturated carbocycles. The molecule has 5 heteroatoms. The Morgan fingerprint density at radius 1 is 1.20 bits per heavy atom. The van der Waals surface area contributed by atoms with Crippen molar-refractivity contribution < 1.29 is 9.90 Å². The van der Waals surface area contributed by atoms with Crippen LogP contribution in [0.25, 0.3) is 0 Å². The smallest absolute Gasteiger partial charge is 0.223 e. The van der Waals surface area contributed by atoms with Crippen LogP contribution < -0.4 is 5.32 Å². The Kier molecular flexibility index (Phi) is 4.29. The molecule has 3 rings (SSSR count). The molecule has 0 aromatic carbocycles. The van der Waals surface area contributed by atoms with Gasteiger partial charge in [0, 0.05) is 39.1 Å². The Morgan fingerprint density at radius 2 is 2.05 bits per heavy atom. The topological polar surface area (TPSA) is 55.8 Å². The third-order valence-corrected chi connectivity index (χ3v) is 5.29. The van der Waals surface area contributed by atoms with Crippen LogP contribution in [0.15, 0.2) is 0 Å². The third kappa shape index (κ3) is 3.15. The summed E-state index contributed by atoms with van der Waals surface area (Å²) in [6, 6.07) is 0. The van der Waals surface area contributed by atoms with Crippen LogP contribution in [0.4, 0.5) is 0 Å². The summed E-state index contributed by atoms with van der Waals surface area (Å²) >= 11 is 0. The average Bonchev–Trinajstić information content (AvgIpc) is 3.22. The molecule has 1 atom stereocenters. The molecule has 2 N–H and O–H groups in total. The number of piperidine rings is 1. The fourth-order valence-corrected chi connectivity index (χ4v) is 3.56. The maximum Gasteiger partial charge on any atom is 0.223 e. The molecule has 0 aromatic heterocycles. The molecule has 5 nitrogen and oxygen atoms in total. The second-order valence-electron chi connectivity index (χ2n) is 6.66. The molecule has 1 aliphatic carbocycles. The fraction of sp³-hybridized carbons (Fsp3) is 0.933. The number of aliphatic hydroxyl groups is 1. The second kappa shape index (κ2) is 6.00. The Balaban J connectivity index is 1.38. The number of carbonyl (C=O) groups is 1.